The van der Waals surface area contributed by atoms with Crippen LogP contribution in [0.1, 0.15) is 20.8 Å². The SMILES string of the molecule is C=C(C)C(C)(C)CN(C)C(=O)OC. The van der Waals surface area contributed by atoms with Crippen molar-refractivity contribution in [2.75, 3.05) is 20.7 Å². The lowest BCUT2D eigenvalue weighted by Crippen LogP contribution is -2.36. The van der Waals surface area contributed by atoms with E-state index in [1.54, 1.807) is 11.9 Å². The van der Waals surface area contributed by atoms with E-state index in [0.717, 1.165) is 5.57 Å². The van der Waals surface area contributed by atoms with E-state index in [-0.39, 0.29) is 11.5 Å². The molecule has 0 aliphatic carbocycles. The monoisotopic (exact) mass is 185 g/mol. The van der Waals surface area contributed by atoms with Gasteiger partial charge in [0.05, 0.1) is 7.11 Å². The van der Waals surface area contributed by atoms with E-state index in [1.165, 1.54) is 7.11 Å². The van der Waals surface area contributed by atoms with Crippen LogP contribution in [-0.2, 0) is 4.74 Å². The van der Waals surface area contributed by atoms with Gasteiger partial charge in [-0.25, -0.2) is 4.79 Å². The molecule has 0 aromatic rings. The highest BCUT2D eigenvalue weighted by molar-refractivity contribution is 5.67. The maximum absolute atomic E-state index is 11.1. The summed E-state index contributed by atoms with van der Waals surface area (Å²) in [7, 11) is 3.10. The third-order valence-electron chi connectivity index (χ3n) is 2.27. The van der Waals surface area contributed by atoms with Gasteiger partial charge in [0.1, 0.15) is 0 Å². The Morgan fingerprint density at radius 3 is 2.31 bits per heavy atom. The van der Waals surface area contributed by atoms with Crippen LogP contribution in [0.15, 0.2) is 12.2 Å². The lowest BCUT2D eigenvalue weighted by atomic mass is 9.86. The second-order valence-electron chi connectivity index (χ2n) is 3.99. The van der Waals surface area contributed by atoms with Crippen molar-refractivity contribution in [1.29, 1.82) is 0 Å². The number of nitrogens with zero attached hydrogens (tertiary/aromatic N) is 1. The van der Waals surface area contributed by atoms with Crippen molar-refractivity contribution in [3.8, 4) is 0 Å². The van der Waals surface area contributed by atoms with E-state index in [9.17, 15) is 4.79 Å². The summed E-state index contributed by atoms with van der Waals surface area (Å²) in [5.41, 5.74) is 0.992. The quantitative estimate of drug-likeness (QED) is 0.631. The molecule has 13 heavy (non-hydrogen) atoms. The minimum atomic E-state index is -0.311. The molecule has 0 aliphatic heterocycles. The fourth-order valence-corrected chi connectivity index (χ4v) is 0.948. The third kappa shape index (κ3) is 3.49. The summed E-state index contributed by atoms with van der Waals surface area (Å²) in [6.45, 7) is 10.6. The van der Waals surface area contributed by atoms with E-state index in [4.69, 9.17) is 0 Å². The zero-order chi connectivity index (χ0) is 10.6. The molecular formula is C10H19NO2. The molecule has 0 saturated heterocycles. The predicted octanol–water partition coefficient (Wildman–Crippen LogP) is 2.29. The molecule has 0 bridgehead atoms. The van der Waals surface area contributed by atoms with Gasteiger partial charge in [-0.2, -0.15) is 0 Å². The van der Waals surface area contributed by atoms with Gasteiger partial charge < -0.3 is 9.64 Å². The van der Waals surface area contributed by atoms with Crippen LogP contribution in [0.4, 0.5) is 4.79 Å². The number of ether oxygens (including phenoxy) is 1. The molecular weight excluding hydrogens is 166 g/mol. The van der Waals surface area contributed by atoms with Gasteiger partial charge in [-0.15, -0.1) is 0 Å². The first-order chi connectivity index (χ1) is 5.81. The van der Waals surface area contributed by atoms with Crippen molar-refractivity contribution in [2.45, 2.75) is 20.8 Å². The van der Waals surface area contributed by atoms with Crippen LogP contribution in [0.25, 0.3) is 0 Å². The Morgan fingerprint density at radius 1 is 1.54 bits per heavy atom. The zero-order valence-electron chi connectivity index (χ0n) is 9.18. The van der Waals surface area contributed by atoms with Gasteiger partial charge in [0.25, 0.3) is 0 Å². The molecule has 0 unspecified atom stereocenters. The van der Waals surface area contributed by atoms with Crippen LogP contribution >= 0.6 is 0 Å². The highest BCUT2D eigenvalue weighted by Crippen LogP contribution is 2.25. The lowest BCUT2D eigenvalue weighted by Gasteiger charge is -2.29. The summed E-state index contributed by atoms with van der Waals surface area (Å²) < 4.78 is 4.59. The molecule has 0 aromatic heterocycles. The first kappa shape index (κ1) is 12.0. The van der Waals surface area contributed by atoms with Crippen LogP contribution in [0.3, 0.4) is 0 Å². The van der Waals surface area contributed by atoms with E-state index in [0.29, 0.717) is 6.54 Å². The van der Waals surface area contributed by atoms with Gasteiger partial charge in [0, 0.05) is 19.0 Å². The van der Waals surface area contributed by atoms with Crippen LogP contribution in [0.2, 0.25) is 0 Å². The van der Waals surface area contributed by atoms with Gasteiger partial charge in [-0.1, -0.05) is 26.0 Å². The Bertz CT molecular complexity index is 209. The Labute approximate surface area is 80.4 Å². The standard InChI is InChI=1S/C10H19NO2/c1-8(2)10(3,4)7-11(5)9(12)13-6/h1,7H2,2-6H3. The Hall–Kier alpha value is -0.990. The molecule has 3 heteroatoms. The Balaban J connectivity index is 4.27. The van der Waals surface area contributed by atoms with Crippen LogP contribution in [0.5, 0.6) is 0 Å². The minimum Gasteiger partial charge on any atom is -0.453 e. The summed E-state index contributed by atoms with van der Waals surface area (Å²) in [4.78, 5) is 12.6. The van der Waals surface area contributed by atoms with Crippen molar-refractivity contribution < 1.29 is 9.53 Å². The molecule has 0 fully saturated rings. The molecule has 0 spiro atoms. The second kappa shape index (κ2) is 4.30. The van der Waals surface area contributed by atoms with Gasteiger partial charge in [0.2, 0.25) is 0 Å². The van der Waals surface area contributed by atoms with Crippen LogP contribution < -0.4 is 0 Å². The van der Waals surface area contributed by atoms with Gasteiger partial charge in [-0.05, 0) is 6.92 Å². The summed E-state index contributed by atoms with van der Waals surface area (Å²) in [6, 6.07) is 0. The topological polar surface area (TPSA) is 29.5 Å². The van der Waals surface area contributed by atoms with E-state index in [2.05, 4.69) is 25.2 Å². The summed E-state index contributed by atoms with van der Waals surface area (Å²) in [6.07, 6.45) is -0.311. The molecule has 0 aromatic carbocycles. The summed E-state index contributed by atoms with van der Waals surface area (Å²) in [5.74, 6) is 0. The first-order valence-corrected chi connectivity index (χ1v) is 4.26. The molecule has 0 atom stereocenters. The number of methoxy groups -OCH3 is 1. The van der Waals surface area contributed by atoms with Gasteiger partial charge >= 0.3 is 6.09 Å². The van der Waals surface area contributed by atoms with Crippen molar-refractivity contribution >= 4 is 6.09 Å². The fraction of sp³-hybridized carbons (Fsp3) is 0.700. The highest BCUT2D eigenvalue weighted by atomic mass is 16.5. The molecule has 3 nitrogen and oxygen atoms in total. The number of amides is 1. The summed E-state index contributed by atoms with van der Waals surface area (Å²) in [5, 5.41) is 0. The molecule has 0 rings (SSSR count). The maximum Gasteiger partial charge on any atom is 0.409 e. The van der Waals surface area contributed by atoms with Gasteiger partial charge in [0.15, 0.2) is 0 Å². The Morgan fingerprint density at radius 2 is 2.00 bits per heavy atom. The normalized spacial score (nSPS) is 10.8. The second-order valence-corrected chi connectivity index (χ2v) is 3.99. The minimum absolute atomic E-state index is 0.0665. The van der Waals surface area contributed by atoms with Crippen molar-refractivity contribution in [1.82, 2.24) is 4.90 Å². The molecule has 1 amide bonds. The van der Waals surface area contributed by atoms with Crippen LogP contribution in [0, 0.1) is 5.41 Å². The average Bonchev–Trinajstić information content (AvgIpc) is 2.01. The highest BCUT2D eigenvalue weighted by Gasteiger charge is 2.23. The fourth-order valence-electron chi connectivity index (χ4n) is 0.948. The average molecular weight is 185 g/mol. The summed E-state index contributed by atoms with van der Waals surface area (Å²) >= 11 is 0. The molecule has 76 valence electrons. The van der Waals surface area contributed by atoms with Crippen molar-refractivity contribution in [3.63, 3.8) is 0 Å². The van der Waals surface area contributed by atoms with E-state index < -0.39 is 0 Å². The van der Waals surface area contributed by atoms with Crippen LogP contribution in [-0.4, -0.2) is 31.7 Å². The number of hydrogen-bond acceptors (Lipinski definition) is 2. The largest absolute Gasteiger partial charge is 0.453 e. The zero-order valence-corrected chi connectivity index (χ0v) is 9.18. The third-order valence-corrected chi connectivity index (χ3v) is 2.27. The maximum atomic E-state index is 11.1. The first-order valence-electron chi connectivity index (χ1n) is 4.26. The molecule has 0 N–H and O–H groups in total. The number of carbonyl (C=O) groups is 1. The number of hydrogen-bond donors (Lipinski definition) is 0. The van der Waals surface area contributed by atoms with Crippen molar-refractivity contribution in [2.24, 2.45) is 5.41 Å². The predicted molar refractivity (Wildman–Crippen MR) is 53.6 cm³/mol. The molecule has 0 radical (unpaired) electrons. The molecule has 0 aliphatic rings. The lowest BCUT2D eigenvalue weighted by molar-refractivity contribution is 0.122. The van der Waals surface area contributed by atoms with E-state index in [1.807, 2.05) is 6.92 Å². The number of carbonyl (C=O) groups excluding carboxylic acids is 1. The Kier molecular flexibility index (Phi) is 3.98. The van der Waals surface area contributed by atoms with Gasteiger partial charge in [-0.3, -0.25) is 0 Å². The molecule has 0 heterocycles. The van der Waals surface area contributed by atoms with Crippen molar-refractivity contribution in [3.05, 3.63) is 12.2 Å². The van der Waals surface area contributed by atoms with E-state index >= 15 is 0 Å². The molecule has 0 saturated carbocycles. The number of rotatable bonds is 3. The smallest absolute Gasteiger partial charge is 0.409 e.